The van der Waals surface area contributed by atoms with Crippen LogP contribution >= 0.6 is 0 Å². The second-order valence-electron chi connectivity index (χ2n) is 8.23. The minimum absolute atomic E-state index is 0.123. The number of nitrogens with two attached hydrogens (primary N) is 1. The van der Waals surface area contributed by atoms with Crippen LogP contribution in [0.5, 0.6) is 5.75 Å². The van der Waals surface area contributed by atoms with Gasteiger partial charge in [-0.3, -0.25) is 19.4 Å². The molecule has 0 spiro atoms. The molecule has 35 heavy (non-hydrogen) atoms. The Kier molecular flexibility index (Phi) is 9.36. The highest BCUT2D eigenvalue weighted by Gasteiger charge is 2.23. The number of amides is 3. The first kappa shape index (κ1) is 25.4. The molecule has 3 rings (SSSR count). The first-order valence-corrected chi connectivity index (χ1v) is 11.4. The van der Waals surface area contributed by atoms with Crippen molar-refractivity contribution in [2.24, 2.45) is 5.73 Å². The average Bonchev–Trinajstić information content (AvgIpc) is 2.86. The lowest BCUT2D eigenvalue weighted by Crippen LogP contribution is -2.43. The Morgan fingerprint density at radius 2 is 1.74 bits per heavy atom. The summed E-state index contributed by atoms with van der Waals surface area (Å²) in [5.41, 5.74) is 8.79. The maximum Gasteiger partial charge on any atom is 0.247 e. The van der Waals surface area contributed by atoms with E-state index in [1.165, 1.54) is 0 Å². The molecule has 2 aromatic carbocycles. The summed E-state index contributed by atoms with van der Waals surface area (Å²) in [6, 6.07) is 17.5. The van der Waals surface area contributed by atoms with E-state index in [0.717, 1.165) is 29.5 Å². The predicted octanol–water partition coefficient (Wildman–Crippen LogP) is 2.40. The highest BCUT2D eigenvalue weighted by Crippen LogP contribution is 2.19. The minimum atomic E-state index is -0.980. The summed E-state index contributed by atoms with van der Waals surface area (Å²) in [6.07, 6.45) is 5.40. The van der Waals surface area contributed by atoms with Crippen molar-refractivity contribution < 1.29 is 19.1 Å². The lowest BCUT2D eigenvalue weighted by Gasteiger charge is -2.19. The normalized spacial score (nSPS) is 11.3. The van der Waals surface area contributed by atoms with Gasteiger partial charge in [-0.15, -0.1) is 0 Å². The summed E-state index contributed by atoms with van der Waals surface area (Å²) in [4.78, 5) is 40.6. The van der Waals surface area contributed by atoms with Gasteiger partial charge in [0.05, 0.1) is 19.6 Å². The minimum Gasteiger partial charge on any atom is -0.494 e. The highest BCUT2D eigenvalue weighted by molar-refractivity contribution is 5.91. The molecule has 0 saturated heterocycles. The Morgan fingerprint density at radius 3 is 2.40 bits per heavy atom. The van der Waals surface area contributed by atoms with E-state index in [4.69, 9.17) is 10.5 Å². The number of hydrogen-bond acceptors (Lipinski definition) is 5. The largest absolute Gasteiger partial charge is 0.494 e. The average molecular weight is 475 g/mol. The number of aromatic nitrogens is 1. The fourth-order valence-electron chi connectivity index (χ4n) is 3.45. The van der Waals surface area contributed by atoms with Crippen LogP contribution in [0.15, 0.2) is 73.1 Å². The van der Waals surface area contributed by atoms with E-state index < -0.39 is 17.9 Å². The third-order valence-electron chi connectivity index (χ3n) is 5.30. The van der Waals surface area contributed by atoms with E-state index in [1.54, 1.807) is 30.5 Å². The Morgan fingerprint density at radius 1 is 1.00 bits per heavy atom. The van der Waals surface area contributed by atoms with E-state index in [0.29, 0.717) is 17.9 Å². The van der Waals surface area contributed by atoms with E-state index >= 15 is 0 Å². The van der Waals surface area contributed by atoms with E-state index in [1.807, 2.05) is 49.5 Å². The molecular formula is C27H30N4O4. The van der Waals surface area contributed by atoms with E-state index in [2.05, 4.69) is 15.6 Å². The van der Waals surface area contributed by atoms with E-state index in [9.17, 15) is 14.4 Å². The molecule has 0 aliphatic carbocycles. The molecule has 0 aliphatic heterocycles. The number of benzene rings is 2. The summed E-state index contributed by atoms with van der Waals surface area (Å²) in [6.45, 7) is 2.18. The molecule has 1 atom stereocenters. The molecule has 182 valence electrons. The third kappa shape index (κ3) is 8.58. The SMILES string of the molecule is Cc1ccc(CC(=O)NC(C(=O)NCC(N)=O)c2ccc(OCCCc3cccnc3)cc2)cc1. The quantitative estimate of drug-likeness (QED) is 0.348. The fourth-order valence-corrected chi connectivity index (χ4v) is 3.45. The molecule has 0 aliphatic rings. The summed E-state index contributed by atoms with van der Waals surface area (Å²) in [5, 5.41) is 5.22. The van der Waals surface area contributed by atoms with Crippen LogP contribution in [-0.2, 0) is 27.2 Å². The molecule has 8 nitrogen and oxygen atoms in total. The van der Waals surface area contributed by atoms with Crippen LogP contribution in [0.25, 0.3) is 0 Å². The molecule has 1 heterocycles. The number of rotatable bonds is 12. The van der Waals surface area contributed by atoms with Crippen molar-refractivity contribution in [2.75, 3.05) is 13.2 Å². The summed E-state index contributed by atoms with van der Waals surface area (Å²) in [7, 11) is 0. The third-order valence-corrected chi connectivity index (χ3v) is 5.30. The molecule has 1 aromatic heterocycles. The predicted molar refractivity (Wildman–Crippen MR) is 132 cm³/mol. The van der Waals surface area contributed by atoms with Crippen molar-refractivity contribution in [2.45, 2.75) is 32.2 Å². The number of hydrogen-bond donors (Lipinski definition) is 3. The van der Waals surface area contributed by atoms with Gasteiger partial charge in [0.25, 0.3) is 0 Å². The molecule has 1 unspecified atom stereocenters. The van der Waals surface area contributed by atoms with Gasteiger partial charge in [0.2, 0.25) is 17.7 Å². The van der Waals surface area contributed by atoms with Crippen LogP contribution < -0.4 is 21.1 Å². The van der Waals surface area contributed by atoms with Gasteiger partial charge in [0.1, 0.15) is 11.8 Å². The van der Waals surface area contributed by atoms with Gasteiger partial charge in [0.15, 0.2) is 0 Å². The summed E-state index contributed by atoms with van der Waals surface area (Å²) in [5.74, 6) is -0.852. The van der Waals surface area contributed by atoms with Gasteiger partial charge in [-0.1, -0.05) is 48.0 Å². The maximum atomic E-state index is 12.7. The van der Waals surface area contributed by atoms with Gasteiger partial charge in [-0.25, -0.2) is 0 Å². The number of nitrogens with zero attached hydrogens (tertiary/aromatic N) is 1. The number of primary amides is 1. The monoisotopic (exact) mass is 474 g/mol. The van der Waals surface area contributed by atoms with Crippen LogP contribution in [-0.4, -0.2) is 35.9 Å². The molecule has 0 saturated carbocycles. The molecule has 8 heteroatoms. The molecular weight excluding hydrogens is 444 g/mol. The molecule has 0 fully saturated rings. The molecule has 0 radical (unpaired) electrons. The van der Waals surface area contributed by atoms with Crippen LogP contribution in [0.2, 0.25) is 0 Å². The van der Waals surface area contributed by atoms with Gasteiger partial charge < -0.3 is 21.1 Å². The second-order valence-corrected chi connectivity index (χ2v) is 8.23. The summed E-state index contributed by atoms with van der Waals surface area (Å²) < 4.78 is 5.80. The van der Waals surface area contributed by atoms with Crippen LogP contribution in [0.3, 0.4) is 0 Å². The molecule has 3 amide bonds. The van der Waals surface area contributed by atoms with Crippen molar-refractivity contribution in [1.82, 2.24) is 15.6 Å². The van der Waals surface area contributed by atoms with Gasteiger partial charge in [-0.2, -0.15) is 0 Å². The highest BCUT2D eigenvalue weighted by atomic mass is 16.5. The topological polar surface area (TPSA) is 123 Å². The second kappa shape index (κ2) is 12.9. The Bertz CT molecular complexity index is 1120. The van der Waals surface area contributed by atoms with Gasteiger partial charge >= 0.3 is 0 Å². The molecule has 4 N–H and O–H groups in total. The molecule has 3 aromatic rings. The van der Waals surface area contributed by atoms with Crippen molar-refractivity contribution in [3.63, 3.8) is 0 Å². The number of pyridine rings is 1. The maximum absolute atomic E-state index is 12.7. The zero-order chi connectivity index (χ0) is 25.0. The molecule has 0 bridgehead atoms. The summed E-state index contributed by atoms with van der Waals surface area (Å²) >= 11 is 0. The number of carbonyl (C=O) groups excluding carboxylic acids is 3. The van der Waals surface area contributed by atoms with Crippen LogP contribution in [0.4, 0.5) is 0 Å². The van der Waals surface area contributed by atoms with Gasteiger partial charge in [0, 0.05) is 12.4 Å². The first-order chi connectivity index (χ1) is 16.9. The van der Waals surface area contributed by atoms with Crippen LogP contribution in [0, 0.1) is 6.92 Å². The lowest BCUT2D eigenvalue weighted by atomic mass is 10.0. The van der Waals surface area contributed by atoms with Gasteiger partial charge in [-0.05, 0) is 54.7 Å². The standard InChI is InChI=1S/C27H30N4O4/c1-19-6-8-20(9-7-19)16-25(33)31-26(27(34)30-18-24(28)32)22-10-12-23(13-11-22)35-15-3-5-21-4-2-14-29-17-21/h2,4,6-14,17,26H,3,5,15-16,18H2,1H3,(H2,28,32)(H,30,34)(H,31,33). The fraction of sp³-hybridized carbons (Fsp3) is 0.259. The number of carbonyl (C=O) groups is 3. The number of ether oxygens (including phenoxy) is 1. The Balaban J connectivity index is 1.61. The Hall–Kier alpha value is -4.20. The number of nitrogens with one attached hydrogen (secondary N) is 2. The van der Waals surface area contributed by atoms with Crippen molar-refractivity contribution in [3.05, 3.63) is 95.3 Å². The first-order valence-electron chi connectivity index (χ1n) is 11.4. The van der Waals surface area contributed by atoms with Crippen molar-refractivity contribution >= 4 is 17.7 Å². The smallest absolute Gasteiger partial charge is 0.247 e. The zero-order valence-electron chi connectivity index (χ0n) is 19.7. The Labute approximate surface area is 204 Å². The lowest BCUT2D eigenvalue weighted by molar-refractivity contribution is -0.129. The zero-order valence-corrected chi connectivity index (χ0v) is 19.7. The van der Waals surface area contributed by atoms with Crippen molar-refractivity contribution in [1.29, 1.82) is 0 Å². The van der Waals surface area contributed by atoms with E-state index in [-0.39, 0.29) is 18.9 Å². The van der Waals surface area contributed by atoms with Crippen molar-refractivity contribution in [3.8, 4) is 5.75 Å². The number of aryl methyl sites for hydroxylation is 2. The van der Waals surface area contributed by atoms with Crippen LogP contribution in [0.1, 0.15) is 34.7 Å².